The maximum absolute atomic E-state index is 12.0. The molecule has 2 aliphatic rings. The number of anilines is 1. The van der Waals surface area contributed by atoms with Crippen LogP contribution in [0.2, 0.25) is 0 Å². The Morgan fingerprint density at radius 2 is 2.24 bits per heavy atom. The van der Waals surface area contributed by atoms with Crippen molar-refractivity contribution in [3.8, 4) is 0 Å². The molecule has 1 saturated carbocycles. The van der Waals surface area contributed by atoms with E-state index >= 15 is 0 Å². The number of fused-ring (bicyclic) bond motifs is 1. The first kappa shape index (κ1) is 14.8. The predicted octanol–water partition coefficient (Wildman–Crippen LogP) is 3.73. The van der Waals surface area contributed by atoms with Gasteiger partial charge in [0.15, 0.2) is 5.13 Å². The molecule has 1 N–H and O–H groups in total. The van der Waals surface area contributed by atoms with Crippen LogP contribution >= 0.6 is 11.3 Å². The minimum Gasteiger partial charge on any atom is -0.465 e. The Balaban J connectivity index is 1.66. The largest absolute Gasteiger partial charge is 0.465 e. The summed E-state index contributed by atoms with van der Waals surface area (Å²) in [4.78, 5) is 17.9. The third-order valence-corrected chi connectivity index (χ3v) is 5.49. The van der Waals surface area contributed by atoms with E-state index in [1.165, 1.54) is 24.1 Å². The fraction of sp³-hybridized carbons (Fsp3) is 0.750. The number of hydrogen-bond acceptors (Lipinski definition) is 5. The van der Waals surface area contributed by atoms with E-state index in [0.29, 0.717) is 12.6 Å². The summed E-state index contributed by atoms with van der Waals surface area (Å²) >= 11 is 1.72. The van der Waals surface area contributed by atoms with Crippen molar-refractivity contribution in [2.24, 2.45) is 5.92 Å². The molecule has 1 fully saturated rings. The van der Waals surface area contributed by atoms with E-state index in [2.05, 4.69) is 12.2 Å². The highest BCUT2D eigenvalue weighted by molar-refractivity contribution is 7.15. The molecule has 0 aliphatic heterocycles. The molecule has 0 aromatic carbocycles. The molecule has 2 aliphatic carbocycles. The van der Waals surface area contributed by atoms with E-state index in [1.54, 1.807) is 11.3 Å². The summed E-state index contributed by atoms with van der Waals surface area (Å²) in [5, 5.41) is 4.56. The SMILES string of the molecule is CCOC(=O)C1CCc2sc(NC(CC)CC3CC3)nc21. The van der Waals surface area contributed by atoms with Crippen molar-refractivity contribution in [2.75, 3.05) is 11.9 Å². The summed E-state index contributed by atoms with van der Waals surface area (Å²) < 4.78 is 5.16. The van der Waals surface area contributed by atoms with Crippen LogP contribution in [0.15, 0.2) is 0 Å². The van der Waals surface area contributed by atoms with Crippen molar-refractivity contribution in [2.45, 2.75) is 64.3 Å². The van der Waals surface area contributed by atoms with Gasteiger partial charge in [0.2, 0.25) is 0 Å². The highest BCUT2D eigenvalue weighted by Gasteiger charge is 2.34. The molecule has 0 bridgehead atoms. The van der Waals surface area contributed by atoms with Gasteiger partial charge in [0.05, 0.1) is 12.3 Å². The number of thiazole rings is 1. The van der Waals surface area contributed by atoms with E-state index in [9.17, 15) is 4.79 Å². The standard InChI is InChI=1S/C16H24N2O2S/c1-3-11(9-10-5-6-10)17-16-18-14-12(15(19)20-4-2)7-8-13(14)21-16/h10-12H,3-9H2,1-2H3,(H,17,18). The maximum atomic E-state index is 12.0. The van der Waals surface area contributed by atoms with Gasteiger partial charge in [-0.05, 0) is 38.5 Å². The number of esters is 1. The van der Waals surface area contributed by atoms with Crippen molar-refractivity contribution >= 4 is 22.4 Å². The molecular weight excluding hydrogens is 284 g/mol. The van der Waals surface area contributed by atoms with Gasteiger partial charge in [0.25, 0.3) is 0 Å². The number of aromatic nitrogens is 1. The number of rotatable bonds is 7. The van der Waals surface area contributed by atoms with Gasteiger partial charge in [-0.15, -0.1) is 11.3 Å². The number of carbonyl (C=O) groups excluding carboxylic acids is 1. The summed E-state index contributed by atoms with van der Waals surface area (Å²) in [5.41, 5.74) is 0.960. The zero-order valence-corrected chi connectivity index (χ0v) is 13.7. The molecule has 2 atom stereocenters. The van der Waals surface area contributed by atoms with Gasteiger partial charge < -0.3 is 10.1 Å². The molecular formula is C16H24N2O2S. The monoisotopic (exact) mass is 308 g/mol. The van der Waals surface area contributed by atoms with Crippen LogP contribution < -0.4 is 5.32 Å². The molecule has 0 radical (unpaired) electrons. The van der Waals surface area contributed by atoms with Crippen LogP contribution in [-0.2, 0) is 16.0 Å². The van der Waals surface area contributed by atoms with E-state index in [0.717, 1.165) is 36.0 Å². The Hall–Kier alpha value is -1.10. The second kappa shape index (κ2) is 6.34. The van der Waals surface area contributed by atoms with Crippen LogP contribution in [0.1, 0.15) is 62.4 Å². The lowest BCUT2D eigenvalue weighted by Gasteiger charge is -2.15. The molecule has 21 heavy (non-hydrogen) atoms. The van der Waals surface area contributed by atoms with Crippen molar-refractivity contribution in [1.29, 1.82) is 0 Å². The number of aryl methyl sites for hydroxylation is 1. The summed E-state index contributed by atoms with van der Waals surface area (Å²) in [5.74, 6) is 0.662. The van der Waals surface area contributed by atoms with Crippen molar-refractivity contribution in [1.82, 2.24) is 4.98 Å². The minimum atomic E-state index is -0.143. The lowest BCUT2D eigenvalue weighted by Crippen LogP contribution is -2.19. The first-order chi connectivity index (χ1) is 10.2. The van der Waals surface area contributed by atoms with Gasteiger partial charge in [0.1, 0.15) is 5.92 Å². The molecule has 1 aromatic rings. The Bertz CT molecular complexity index is 510. The average Bonchev–Trinajstić information content (AvgIpc) is 3.05. The molecule has 2 unspecified atom stereocenters. The smallest absolute Gasteiger partial charge is 0.315 e. The fourth-order valence-corrected chi connectivity index (χ4v) is 4.13. The zero-order valence-electron chi connectivity index (χ0n) is 12.9. The Morgan fingerprint density at radius 1 is 1.43 bits per heavy atom. The van der Waals surface area contributed by atoms with E-state index in [-0.39, 0.29) is 11.9 Å². The number of hydrogen-bond donors (Lipinski definition) is 1. The molecule has 4 nitrogen and oxygen atoms in total. The summed E-state index contributed by atoms with van der Waals surface area (Å²) in [6, 6.07) is 0.518. The number of carbonyl (C=O) groups is 1. The van der Waals surface area contributed by atoms with Crippen molar-refractivity contribution in [3.63, 3.8) is 0 Å². The van der Waals surface area contributed by atoms with Gasteiger partial charge in [-0.3, -0.25) is 4.79 Å². The third-order valence-electron chi connectivity index (χ3n) is 4.42. The highest BCUT2D eigenvalue weighted by Crippen LogP contribution is 2.40. The number of nitrogens with one attached hydrogen (secondary N) is 1. The van der Waals surface area contributed by atoms with E-state index in [1.807, 2.05) is 6.92 Å². The first-order valence-corrected chi connectivity index (χ1v) is 8.95. The van der Waals surface area contributed by atoms with Crippen LogP contribution in [0, 0.1) is 5.92 Å². The molecule has 5 heteroatoms. The molecule has 0 amide bonds. The van der Waals surface area contributed by atoms with Gasteiger partial charge in [-0.25, -0.2) is 4.98 Å². The van der Waals surface area contributed by atoms with Crippen LogP contribution in [0.5, 0.6) is 0 Å². The van der Waals surface area contributed by atoms with Crippen LogP contribution in [-0.4, -0.2) is 23.6 Å². The molecule has 0 spiro atoms. The van der Waals surface area contributed by atoms with Crippen LogP contribution in [0.3, 0.4) is 0 Å². The minimum absolute atomic E-state index is 0.113. The molecule has 3 rings (SSSR count). The van der Waals surface area contributed by atoms with Crippen molar-refractivity contribution in [3.05, 3.63) is 10.6 Å². The Morgan fingerprint density at radius 3 is 2.90 bits per heavy atom. The predicted molar refractivity (Wildman–Crippen MR) is 84.9 cm³/mol. The third kappa shape index (κ3) is 3.39. The summed E-state index contributed by atoms with van der Waals surface area (Å²) in [6.07, 6.45) is 6.96. The van der Waals surface area contributed by atoms with E-state index < -0.39 is 0 Å². The lowest BCUT2D eigenvalue weighted by atomic mass is 10.1. The first-order valence-electron chi connectivity index (χ1n) is 8.14. The quantitative estimate of drug-likeness (QED) is 0.780. The number of nitrogens with zero attached hydrogens (tertiary/aromatic N) is 1. The number of ether oxygens (including phenoxy) is 1. The van der Waals surface area contributed by atoms with Gasteiger partial charge >= 0.3 is 5.97 Å². The van der Waals surface area contributed by atoms with Crippen LogP contribution in [0.4, 0.5) is 5.13 Å². The van der Waals surface area contributed by atoms with Crippen molar-refractivity contribution < 1.29 is 9.53 Å². The average molecular weight is 308 g/mol. The maximum Gasteiger partial charge on any atom is 0.315 e. The fourth-order valence-electron chi connectivity index (χ4n) is 3.02. The normalized spacial score (nSPS) is 21.9. The molecule has 1 aromatic heterocycles. The van der Waals surface area contributed by atoms with E-state index in [4.69, 9.17) is 9.72 Å². The van der Waals surface area contributed by atoms with Crippen LogP contribution in [0.25, 0.3) is 0 Å². The zero-order chi connectivity index (χ0) is 14.8. The Kier molecular flexibility index (Phi) is 4.48. The molecule has 1 heterocycles. The second-order valence-electron chi connectivity index (χ2n) is 6.10. The topological polar surface area (TPSA) is 51.2 Å². The highest BCUT2D eigenvalue weighted by atomic mass is 32.1. The molecule has 116 valence electrons. The molecule has 0 saturated heterocycles. The Labute approximate surface area is 130 Å². The van der Waals surface area contributed by atoms with Gasteiger partial charge in [0, 0.05) is 10.9 Å². The van der Waals surface area contributed by atoms with Gasteiger partial charge in [-0.1, -0.05) is 19.8 Å². The summed E-state index contributed by atoms with van der Waals surface area (Å²) in [6.45, 7) is 4.52. The lowest BCUT2D eigenvalue weighted by molar-refractivity contribution is -0.145. The second-order valence-corrected chi connectivity index (χ2v) is 7.18. The summed E-state index contributed by atoms with van der Waals surface area (Å²) in [7, 11) is 0. The van der Waals surface area contributed by atoms with Gasteiger partial charge in [-0.2, -0.15) is 0 Å².